The van der Waals surface area contributed by atoms with E-state index >= 15 is 0 Å². The van der Waals surface area contributed by atoms with Crippen LogP contribution >= 0.6 is 0 Å². The van der Waals surface area contributed by atoms with E-state index in [2.05, 4.69) is 0 Å². The van der Waals surface area contributed by atoms with Gasteiger partial charge in [-0.1, -0.05) is 44.2 Å². The normalized spacial score (nSPS) is 10.1. The molecule has 0 amide bonds. The van der Waals surface area contributed by atoms with Crippen LogP contribution in [0.4, 0.5) is 0 Å². The molecule has 0 aliphatic rings. The van der Waals surface area contributed by atoms with Gasteiger partial charge in [0.05, 0.1) is 5.76 Å². The average molecular weight is 164 g/mol. The molecule has 1 rings (SSSR count). The number of hydrogen-bond acceptors (Lipinski definition) is 1. The van der Waals surface area contributed by atoms with Gasteiger partial charge in [-0.3, -0.25) is 0 Å². The fourth-order valence-electron chi connectivity index (χ4n) is 0.790. The maximum absolute atomic E-state index is 8.87. The van der Waals surface area contributed by atoms with Crippen molar-refractivity contribution in [3.05, 3.63) is 41.7 Å². The zero-order chi connectivity index (χ0) is 9.40. The minimum Gasteiger partial charge on any atom is -0.513 e. The summed E-state index contributed by atoms with van der Waals surface area (Å²) < 4.78 is 0. The standard InChI is InChI=1S/C9H10O.C2H6/c1-8(10)7-9-5-3-2-4-6-9;1-2/h2-7,10H,1H3;1-2H3/b8-7-;. The molecule has 0 radical (unpaired) electrons. The lowest BCUT2D eigenvalue weighted by Gasteiger charge is -1.90. The Morgan fingerprint density at radius 3 is 2.08 bits per heavy atom. The molecule has 0 bridgehead atoms. The highest BCUT2D eigenvalue weighted by molar-refractivity contribution is 5.49. The molecule has 0 aliphatic carbocycles. The second-order valence-corrected chi connectivity index (χ2v) is 2.20. The van der Waals surface area contributed by atoms with Crippen LogP contribution in [0.15, 0.2) is 36.1 Å². The summed E-state index contributed by atoms with van der Waals surface area (Å²) in [6.45, 7) is 5.66. The van der Waals surface area contributed by atoms with Gasteiger partial charge >= 0.3 is 0 Å². The van der Waals surface area contributed by atoms with Crippen molar-refractivity contribution >= 4 is 6.08 Å². The first kappa shape index (κ1) is 10.8. The number of aliphatic hydroxyl groups is 1. The van der Waals surface area contributed by atoms with E-state index in [-0.39, 0.29) is 0 Å². The molecule has 0 unspecified atom stereocenters. The van der Waals surface area contributed by atoms with Crippen molar-refractivity contribution in [1.29, 1.82) is 0 Å². The van der Waals surface area contributed by atoms with Crippen LogP contribution in [0.2, 0.25) is 0 Å². The van der Waals surface area contributed by atoms with E-state index in [9.17, 15) is 0 Å². The Morgan fingerprint density at radius 1 is 1.17 bits per heavy atom. The van der Waals surface area contributed by atoms with E-state index in [1.165, 1.54) is 0 Å². The zero-order valence-electron chi connectivity index (χ0n) is 7.91. The molecule has 0 saturated heterocycles. The van der Waals surface area contributed by atoms with Crippen molar-refractivity contribution in [1.82, 2.24) is 0 Å². The first-order chi connectivity index (χ1) is 5.79. The van der Waals surface area contributed by atoms with Crippen LogP contribution in [0.3, 0.4) is 0 Å². The Bertz CT molecular complexity index is 220. The molecule has 1 aromatic rings. The highest BCUT2D eigenvalue weighted by atomic mass is 16.3. The van der Waals surface area contributed by atoms with Gasteiger partial charge in [-0.05, 0) is 18.6 Å². The highest BCUT2D eigenvalue weighted by Gasteiger charge is 1.83. The summed E-state index contributed by atoms with van der Waals surface area (Å²) in [5.41, 5.74) is 1.03. The minimum absolute atomic E-state index is 0.339. The van der Waals surface area contributed by atoms with E-state index in [0.717, 1.165) is 5.56 Å². The van der Waals surface area contributed by atoms with Gasteiger partial charge in [0.25, 0.3) is 0 Å². The van der Waals surface area contributed by atoms with E-state index < -0.39 is 0 Å². The minimum atomic E-state index is 0.339. The van der Waals surface area contributed by atoms with Crippen molar-refractivity contribution < 1.29 is 5.11 Å². The van der Waals surface area contributed by atoms with Crippen molar-refractivity contribution in [2.45, 2.75) is 20.8 Å². The second-order valence-electron chi connectivity index (χ2n) is 2.20. The van der Waals surface area contributed by atoms with Crippen LogP contribution in [0.5, 0.6) is 0 Å². The van der Waals surface area contributed by atoms with Gasteiger partial charge < -0.3 is 5.11 Å². The first-order valence-corrected chi connectivity index (χ1v) is 4.21. The van der Waals surface area contributed by atoms with Crippen molar-refractivity contribution in [2.75, 3.05) is 0 Å². The molecule has 0 heterocycles. The van der Waals surface area contributed by atoms with E-state index in [0.29, 0.717) is 5.76 Å². The van der Waals surface area contributed by atoms with E-state index in [1.807, 2.05) is 44.2 Å². The molecule has 66 valence electrons. The molecule has 1 N–H and O–H groups in total. The zero-order valence-corrected chi connectivity index (χ0v) is 7.91. The lowest BCUT2D eigenvalue weighted by atomic mass is 10.2. The largest absolute Gasteiger partial charge is 0.513 e. The molecule has 0 saturated carbocycles. The lowest BCUT2D eigenvalue weighted by molar-refractivity contribution is 0.420. The summed E-state index contributed by atoms with van der Waals surface area (Å²) in [6.07, 6.45) is 1.72. The smallest absolute Gasteiger partial charge is 0.0897 e. The quantitative estimate of drug-likeness (QED) is 0.628. The molecule has 0 spiro atoms. The second kappa shape index (κ2) is 6.47. The van der Waals surface area contributed by atoms with Crippen molar-refractivity contribution in [3.8, 4) is 0 Å². The Kier molecular flexibility index (Phi) is 5.80. The van der Waals surface area contributed by atoms with Crippen LogP contribution in [0.1, 0.15) is 26.3 Å². The summed E-state index contributed by atoms with van der Waals surface area (Å²) in [5, 5.41) is 8.87. The molecular formula is C11H16O. The number of aliphatic hydroxyl groups excluding tert-OH is 1. The van der Waals surface area contributed by atoms with Crippen molar-refractivity contribution in [2.24, 2.45) is 0 Å². The van der Waals surface area contributed by atoms with E-state index in [1.54, 1.807) is 13.0 Å². The van der Waals surface area contributed by atoms with Crippen molar-refractivity contribution in [3.63, 3.8) is 0 Å². The number of rotatable bonds is 1. The molecule has 0 aromatic heterocycles. The topological polar surface area (TPSA) is 20.2 Å². The SMILES string of the molecule is C/C(O)=C/c1ccccc1.CC. The molecule has 0 aliphatic heterocycles. The maximum atomic E-state index is 8.87. The fraction of sp³-hybridized carbons (Fsp3) is 0.273. The predicted molar refractivity (Wildman–Crippen MR) is 54.1 cm³/mol. The van der Waals surface area contributed by atoms with Gasteiger partial charge in [0.15, 0.2) is 0 Å². The Balaban J connectivity index is 0.000000561. The van der Waals surface area contributed by atoms with Crippen LogP contribution in [-0.4, -0.2) is 5.11 Å². The number of benzene rings is 1. The van der Waals surface area contributed by atoms with Gasteiger partial charge in [-0.25, -0.2) is 0 Å². The Hall–Kier alpha value is -1.24. The van der Waals surface area contributed by atoms with Gasteiger partial charge in [0.1, 0.15) is 0 Å². The third-order valence-corrected chi connectivity index (χ3v) is 1.18. The average Bonchev–Trinajstić information content (AvgIpc) is 2.08. The van der Waals surface area contributed by atoms with E-state index in [4.69, 9.17) is 5.11 Å². The number of hydrogen-bond donors (Lipinski definition) is 1. The molecular weight excluding hydrogens is 148 g/mol. The monoisotopic (exact) mass is 164 g/mol. The molecule has 12 heavy (non-hydrogen) atoms. The van der Waals surface area contributed by atoms with Crippen LogP contribution in [0.25, 0.3) is 6.08 Å². The fourth-order valence-corrected chi connectivity index (χ4v) is 0.790. The van der Waals surface area contributed by atoms with Gasteiger partial charge in [0.2, 0.25) is 0 Å². The first-order valence-electron chi connectivity index (χ1n) is 4.21. The molecule has 1 heteroatoms. The molecule has 1 aromatic carbocycles. The Morgan fingerprint density at radius 2 is 1.67 bits per heavy atom. The maximum Gasteiger partial charge on any atom is 0.0897 e. The van der Waals surface area contributed by atoms with Gasteiger partial charge in [-0.15, -0.1) is 0 Å². The lowest BCUT2D eigenvalue weighted by Crippen LogP contribution is -1.72. The number of allylic oxidation sites excluding steroid dienone is 1. The predicted octanol–water partition coefficient (Wildman–Crippen LogP) is 3.63. The summed E-state index contributed by atoms with van der Waals surface area (Å²) in [7, 11) is 0. The van der Waals surface area contributed by atoms with Gasteiger partial charge in [-0.2, -0.15) is 0 Å². The third kappa shape index (κ3) is 4.56. The molecule has 0 fully saturated rings. The van der Waals surface area contributed by atoms with Crippen LogP contribution in [0, 0.1) is 0 Å². The van der Waals surface area contributed by atoms with Gasteiger partial charge in [0, 0.05) is 0 Å². The Labute approximate surface area is 74.4 Å². The molecule has 0 atom stereocenters. The molecule has 1 nitrogen and oxygen atoms in total. The summed E-state index contributed by atoms with van der Waals surface area (Å²) in [6, 6.07) is 9.72. The summed E-state index contributed by atoms with van der Waals surface area (Å²) >= 11 is 0. The summed E-state index contributed by atoms with van der Waals surface area (Å²) in [5.74, 6) is 0.339. The summed E-state index contributed by atoms with van der Waals surface area (Å²) in [4.78, 5) is 0. The highest BCUT2D eigenvalue weighted by Crippen LogP contribution is 2.02. The third-order valence-electron chi connectivity index (χ3n) is 1.18. The van der Waals surface area contributed by atoms with Crippen LogP contribution in [-0.2, 0) is 0 Å². The van der Waals surface area contributed by atoms with Crippen LogP contribution < -0.4 is 0 Å².